The average molecular weight is 142 g/mol. The maximum Gasteiger partial charge on any atom is 0.129 e. The molecule has 1 aliphatic carbocycles. The molecule has 0 unspecified atom stereocenters. The van der Waals surface area contributed by atoms with Crippen LogP contribution in [0.4, 0.5) is 0 Å². The molecular formula is C8H14O2. The van der Waals surface area contributed by atoms with Crippen molar-refractivity contribution in [3.8, 4) is 0 Å². The van der Waals surface area contributed by atoms with Gasteiger partial charge >= 0.3 is 0 Å². The fourth-order valence-corrected chi connectivity index (χ4v) is 1.34. The molecule has 0 bridgehead atoms. The van der Waals surface area contributed by atoms with Crippen molar-refractivity contribution in [2.24, 2.45) is 5.92 Å². The summed E-state index contributed by atoms with van der Waals surface area (Å²) in [6.07, 6.45) is 3.42. The van der Waals surface area contributed by atoms with Crippen molar-refractivity contribution in [3.05, 3.63) is 0 Å². The van der Waals surface area contributed by atoms with Crippen molar-refractivity contribution in [3.63, 3.8) is 0 Å². The topological polar surface area (TPSA) is 37.3 Å². The van der Waals surface area contributed by atoms with Crippen LogP contribution in [0.25, 0.3) is 0 Å². The first kappa shape index (κ1) is 7.73. The number of hydrogen-bond donors (Lipinski definition) is 1. The Kier molecular flexibility index (Phi) is 2.44. The molecule has 2 heteroatoms. The number of aliphatic hydroxyl groups is 1. The molecule has 0 atom stereocenters. The second-order valence-corrected chi connectivity index (χ2v) is 3.23. The monoisotopic (exact) mass is 142 g/mol. The van der Waals surface area contributed by atoms with Crippen LogP contribution in [0, 0.1) is 5.92 Å². The van der Waals surface area contributed by atoms with Crippen molar-refractivity contribution < 1.29 is 9.90 Å². The van der Waals surface area contributed by atoms with E-state index >= 15 is 0 Å². The van der Waals surface area contributed by atoms with Crippen LogP contribution in [0.1, 0.15) is 32.6 Å². The highest BCUT2D eigenvalue weighted by atomic mass is 16.3. The van der Waals surface area contributed by atoms with E-state index in [1.165, 1.54) is 0 Å². The van der Waals surface area contributed by atoms with Crippen molar-refractivity contribution >= 4 is 5.78 Å². The van der Waals surface area contributed by atoms with Crippen LogP contribution in [-0.2, 0) is 4.79 Å². The fourth-order valence-electron chi connectivity index (χ4n) is 1.34. The summed E-state index contributed by atoms with van der Waals surface area (Å²) in [5, 5.41) is 8.90. The summed E-state index contributed by atoms with van der Waals surface area (Å²) in [5.74, 6) is 0.889. The number of ketones is 1. The summed E-state index contributed by atoms with van der Waals surface area (Å²) in [7, 11) is 0. The van der Waals surface area contributed by atoms with Crippen LogP contribution in [0.3, 0.4) is 0 Å². The normalized spacial score (nSPS) is 31.4. The Hall–Kier alpha value is -0.370. The van der Waals surface area contributed by atoms with E-state index in [4.69, 9.17) is 5.11 Å². The van der Waals surface area contributed by atoms with Gasteiger partial charge in [0, 0.05) is 6.42 Å². The Labute approximate surface area is 61.2 Å². The van der Waals surface area contributed by atoms with Gasteiger partial charge in [0.2, 0.25) is 0 Å². The van der Waals surface area contributed by atoms with Crippen LogP contribution in [0.15, 0.2) is 0 Å². The number of carbonyl (C=O) groups is 1. The minimum Gasteiger partial charge on any atom is -0.393 e. The largest absolute Gasteiger partial charge is 0.393 e. The lowest BCUT2D eigenvalue weighted by Crippen LogP contribution is -2.28. The Morgan fingerprint density at radius 2 is 2.20 bits per heavy atom. The molecule has 0 aromatic heterocycles. The Balaban J connectivity index is 2.00. The molecule has 58 valence electrons. The highest BCUT2D eigenvalue weighted by Gasteiger charge is 2.26. The summed E-state index contributed by atoms with van der Waals surface area (Å²) in [4.78, 5) is 10.5. The number of rotatable bonds is 3. The molecule has 0 heterocycles. The molecule has 0 aliphatic heterocycles. The molecule has 0 spiro atoms. The maximum absolute atomic E-state index is 10.5. The van der Waals surface area contributed by atoms with Crippen LogP contribution >= 0.6 is 0 Å². The lowest BCUT2D eigenvalue weighted by Gasteiger charge is -2.30. The summed E-state index contributed by atoms with van der Waals surface area (Å²) in [6.45, 7) is 1.62. The minimum absolute atomic E-state index is 0.0723. The van der Waals surface area contributed by atoms with E-state index in [2.05, 4.69) is 0 Å². The third kappa shape index (κ3) is 2.10. The fraction of sp³-hybridized carbons (Fsp3) is 0.875. The van der Waals surface area contributed by atoms with Gasteiger partial charge in [-0.1, -0.05) is 0 Å². The van der Waals surface area contributed by atoms with Crippen molar-refractivity contribution in [1.82, 2.24) is 0 Å². The highest BCUT2D eigenvalue weighted by molar-refractivity contribution is 5.75. The van der Waals surface area contributed by atoms with Gasteiger partial charge in [-0.15, -0.1) is 0 Å². The van der Waals surface area contributed by atoms with Crippen LogP contribution < -0.4 is 0 Å². The van der Waals surface area contributed by atoms with E-state index in [0.29, 0.717) is 12.3 Å². The zero-order chi connectivity index (χ0) is 7.56. The van der Waals surface area contributed by atoms with E-state index in [1.54, 1.807) is 6.92 Å². The van der Waals surface area contributed by atoms with Crippen LogP contribution in [0.2, 0.25) is 0 Å². The molecular weight excluding hydrogens is 128 g/mol. The third-order valence-electron chi connectivity index (χ3n) is 2.12. The van der Waals surface area contributed by atoms with E-state index in [9.17, 15) is 4.79 Å². The number of Topliss-reactive ketones (excluding diaryl/α,β-unsaturated/α-hetero) is 1. The molecule has 1 saturated carbocycles. The minimum atomic E-state index is -0.0723. The van der Waals surface area contributed by atoms with Gasteiger partial charge in [0.25, 0.3) is 0 Å². The molecule has 0 saturated heterocycles. The molecule has 2 nitrogen and oxygen atoms in total. The molecule has 1 N–H and O–H groups in total. The second kappa shape index (κ2) is 3.15. The summed E-state index contributed by atoms with van der Waals surface area (Å²) < 4.78 is 0. The first-order valence-electron chi connectivity index (χ1n) is 3.86. The van der Waals surface area contributed by atoms with Gasteiger partial charge in [0.05, 0.1) is 6.10 Å². The van der Waals surface area contributed by atoms with Crippen molar-refractivity contribution in [2.45, 2.75) is 38.7 Å². The van der Waals surface area contributed by atoms with Gasteiger partial charge in [-0.05, 0) is 32.1 Å². The Morgan fingerprint density at radius 3 is 2.60 bits per heavy atom. The van der Waals surface area contributed by atoms with Crippen LogP contribution in [-0.4, -0.2) is 17.0 Å². The highest BCUT2D eigenvalue weighted by Crippen LogP contribution is 2.30. The molecule has 1 rings (SSSR count). The third-order valence-corrected chi connectivity index (χ3v) is 2.12. The predicted octanol–water partition coefficient (Wildman–Crippen LogP) is 1.13. The molecule has 0 radical (unpaired) electrons. The van der Waals surface area contributed by atoms with E-state index in [0.717, 1.165) is 19.3 Å². The Bertz CT molecular complexity index is 125. The average Bonchev–Trinajstić information content (AvgIpc) is 1.77. The molecule has 0 amide bonds. The summed E-state index contributed by atoms with van der Waals surface area (Å²) in [6, 6.07) is 0. The second-order valence-electron chi connectivity index (χ2n) is 3.23. The van der Waals surface area contributed by atoms with Gasteiger partial charge in [-0.25, -0.2) is 0 Å². The van der Waals surface area contributed by atoms with Gasteiger partial charge in [0.15, 0.2) is 0 Å². The summed E-state index contributed by atoms with van der Waals surface area (Å²) >= 11 is 0. The lowest BCUT2D eigenvalue weighted by molar-refractivity contribution is -0.117. The van der Waals surface area contributed by atoms with Gasteiger partial charge in [-0.3, -0.25) is 0 Å². The van der Waals surface area contributed by atoms with Crippen molar-refractivity contribution in [2.75, 3.05) is 0 Å². The number of carbonyl (C=O) groups excluding carboxylic acids is 1. The summed E-state index contributed by atoms with van der Waals surface area (Å²) in [5.41, 5.74) is 0. The molecule has 10 heavy (non-hydrogen) atoms. The van der Waals surface area contributed by atoms with Gasteiger partial charge in [0.1, 0.15) is 5.78 Å². The predicted molar refractivity (Wildman–Crippen MR) is 38.6 cm³/mol. The molecule has 1 aliphatic rings. The van der Waals surface area contributed by atoms with Crippen LogP contribution in [0.5, 0.6) is 0 Å². The van der Waals surface area contributed by atoms with Crippen molar-refractivity contribution in [1.29, 1.82) is 0 Å². The van der Waals surface area contributed by atoms with E-state index in [1.807, 2.05) is 0 Å². The molecule has 0 aromatic carbocycles. The Morgan fingerprint density at radius 1 is 1.60 bits per heavy atom. The van der Waals surface area contributed by atoms with Gasteiger partial charge < -0.3 is 9.90 Å². The standard InChI is InChI=1S/C8H14O2/c1-6(9)2-3-7-4-8(10)5-7/h7-8,10H,2-5H2,1H3/t7-,8-. The molecule has 0 aromatic rings. The first-order chi connectivity index (χ1) is 4.68. The quantitative estimate of drug-likeness (QED) is 0.641. The zero-order valence-electron chi connectivity index (χ0n) is 6.34. The van der Waals surface area contributed by atoms with E-state index < -0.39 is 0 Å². The lowest BCUT2D eigenvalue weighted by atomic mass is 9.79. The number of hydrogen-bond acceptors (Lipinski definition) is 2. The SMILES string of the molecule is CC(=O)CC[C@H]1C[C@H](O)C1. The van der Waals surface area contributed by atoms with Gasteiger partial charge in [-0.2, -0.15) is 0 Å². The molecule has 1 fully saturated rings. The maximum atomic E-state index is 10.5. The zero-order valence-corrected chi connectivity index (χ0v) is 6.34. The number of aliphatic hydroxyl groups excluding tert-OH is 1. The van der Waals surface area contributed by atoms with E-state index in [-0.39, 0.29) is 11.9 Å². The first-order valence-corrected chi connectivity index (χ1v) is 3.86. The smallest absolute Gasteiger partial charge is 0.129 e.